The number of ether oxygens (including phenoxy) is 1. The van der Waals surface area contributed by atoms with Crippen LogP contribution in [0.1, 0.15) is 5.56 Å². The van der Waals surface area contributed by atoms with Gasteiger partial charge in [-0.15, -0.1) is 24.8 Å². The molecule has 16 heavy (non-hydrogen) atoms. The van der Waals surface area contributed by atoms with E-state index >= 15 is 0 Å². The molecule has 0 heterocycles. The molecule has 0 fully saturated rings. The average molecular weight is 254 g/mol. The Morgan fingerprint density at radius 2 is 1.81 bits per heavy atom. The normalized spacial score (nSPS) is 11.5. The standard InChI is InChI=1S/C10H11ClF3NO/c11-7-8-1-3-9(4-2-8)15-5-6-16-10(12,13)14/h1-4,15H,5-7H2. The largest absolute Gasteiger partial charge is 0.522 e. The van der Waals surface area contributed by atoms with Crippen LogP contribution in [-0.2, 0) is 10.6 Å². The molecule has 0 amide bonds. The Balaban J connectivity index is 2.27. The van der Waals surface area contributed by atoms with E-state index in [0.717, 1.165) is 11.3 Å². The van der Waals surface area contributed by atoms with Gasteiger partial charge in [0.15, 0.2) is 0 Å². The first kappa shape index (κ1) is 13.1. The van der Waals surface area contributed by atoms with Crippen LogP contribution in [-0.4, -0.2) is 19.5 Å². The number of benzene rings is 1. The summed E-state index contributed by atoms with van der Waals surface area (Å²) in [6.45, 7) is -0.319. The molecule has 0 radical (unpaired) electrons. The molecular weight excluding hydrogens is 243 g/mol. The van der Waals surface area contributed by atoms with Crippen LogP contribution in [0.2, 0.25) is 0 Å². The van der Waals surface area contributed by atoms with Gasteiger partial charge in [-0.25, -0.2) is 0 Å². The maximum Gasteiger partial charge on any atom is 0.522 e. The van der Waals surface area contributed by atoms with E-state index in [1.165, 1.54) is 0 Å². The molecule has 0 aliphatic rings. The van der Waals surface area contributed by atoms with Crippen molar-refractivity contribution in [3.05, 3.63) is 29.8 Å². The zero-order chi connectivity index (χ0) is 12.0. The second-order valence-corrected chi connectivity index (χ2v) is 3.32. The van der Waals surface area contributed by atoms with Crippen molar-refractivity contribution in [2.75, 3.05) is 18.5 Å². The molecule has 0 unspecified atom stereocenters. The van der Waals surface area contributed by atoms with Crippen molar-refractivity contribution in [2.24, 2.45) is 0 Å². The molecule has 0 aromatic heterocycles. The van der Waals surface area contributed by atoms with Gasteiger partial charge in [0.05, 0.1) is 6.61 Å². The predicted octanol–water partition coefficient (Wildman–Crippen LogP) is 3.37. The van der Waals surface area contributed by atoms with Gasteiger partial charge in [0, 0.05) is 18.1 Å². The van der Waals surface area contributed by atoms with Crippen LogP contribution < -0.4 is 5.32 Å². The Labute approximate surface area is 96.4 Å². The van der Waals surface area contributed by atoms with Crippen molar-refractivity contribution in [3.63, 3.8) is 0 Å². The topological polar surface area (TPSA) is 21.3 Å². The number of nitrogens with one attached hydrogen (secondary N) is 1. The third-order valence-electron chi connectivity index (χ3n) is 1.81. The first-order valence-electron chi connectivity index (χ1n) is 4.61. The lowest BCUT2D eigenvalue weighted by Crippen LogP contribution is -2.19. The lowest BCUT2D eigenvalue weighted by atomic mass is 10.2. The molecule has 2 nitrogen and oxygen atoms in total. The molecule has 6 heteroatoms. The van der Waals surface area contributed by atoms with Gasteiger partial charge in [0.1, 0.15) is 0 Å². The molecule has 1 rings (SSSR count). The fraction of sp³-hybridized carbons (Fsp3) is 0.400. The molecule has 1 N–H and O–H groups in total. The lowest BCUT2D eigenvalue weighted by Gasteiger charge is -2.09. The summed E-state index contributed by atoms with van der Waals surface area (Å²) in [5.74, 6) is 0.414. The molecule has 0 spiro atoms. The zero-order valence-corrected chi connectivity index (χ0v) is 9.11. The van der Waals surface area contributed by atoms with Crippen LogP contribution in [0.3, 0.4) is 0 Å². The molecule has 0 aliphatic heterocycles. The summed E-state index contributed by atoms with van der Waals surface area (Å²) >= 11 is 5.59. The minimum Gasteiger partial charge on any atom is -0.383 e. The van der Waals surface area contributed by atoms with Gasteiger partial charge in [0.25, 0.3) is 0 Å². The summed E-state index contributed by atoms with van der Waals surface area (Å²) in [5.41, 5.74) is 1.69. The van der Waals surface area contributed by atoms with E-state index in [0.29, 0.717) is 5.88 Å². The van der Waals surface area contributed by atoms with E-state index in [4.69, 9.17) is 11.6 Å². The Morgan fingerprint density at radius 3 is 2.31 bits per heavy atom. The van der Waals surface area contributed by atoms with Gasteiger partial charge in [-0.2, -0.15) is 0 Å². The van der Waals surface area contributed by atoms with Crippen LogP contribution in [0.4, 0.5) is 18.9 Å². The van der Waals surface area contributed by atoms with Crippen molar-refractivity contribution in [2.45, 2.75) is 12.2 Å². The van der Waals surface area contributed by atoms with Gasteiger partial charge in [-0.3, -0.25) is 4.74 Å². The van der Waals surface area contributed by atoms with Crippen molar-refractivity contribution in [1.82, 2.24) is 0 Å². The second kappa shape index (κ2) is 5.96. The molecule has 1 aromatic rings. The highest BCUT2D eigenvalue weighted by Gasteiger charge is 2.28. The SMILES string of the molecule is FC(F)(F)OCCNc1ccc(CCl)cc1. The van der Waals surface area contributed by atoms with Crippen LogP contribution in [0, 0.1) is 0 Å². The molecule has 0 atom stereocenters. The fourth-order valence-corrected chi connectivity index (χ4v) is 1.25. The van der Waals surface area contributed by atoms with E-state index in [2.05, 4.69) is 10.1 Å². The molecule has 0 aliphatic carbocycles. The summed E-state index contributed by atoms with van der Waals surface area (Å²) < 4.78 is 38.5. The van der Waals surface area contributed by atoms with E-state index in [9.17, 15) is 13.2 Å². The van der Waals surface area contributed by atoms with Gasteiger partial charge in [-0.1, -0.05) is 12.1 Å². The summed E-state index contributed by atoms with van der Waals surface area (Å²) in [4.78, 5) is 0. The summed E-state index contributed by atoms with van der Waals surface area (Å²) in [6.07, 6.45) is -4.57. The monoisotopic (exact) mass is 253 g/mol. The molecule has 90 valence electrons. The smallest absolute Gasteiger partial charge is 0.383 e. The minimum atomic E-state index is -4.57. The second-order valence-electron chi connectivity index (χ2n) is 3.05. The number of hydrogen-bond acceptors (Lipinski definition) is 2. The molecule has 0 saturated carbocycles. The average Bonchev–Trinajstić information content (AvgIpc) is 2.24. The number of anilines is 1. The highest BCUT2D eigenvalue weighted by molar-refractivity contribution is 6.17. The maximum absolute atomic E-state index is 11.6. The van der Waals surface area contributed by atoms with Crippen LogP contribution in [0.15, 0.2) is 24.3 Å². The first-order chi connectivity index (χ1) is 7.51. The van der Waals surface area contributed by atoms with Crippen molar-refractivity contribution in [3.8, 4) is 0 Å². The Bertz CT molecular complexity index is 313. The third-order valence-corrected chi connectivity index (χ3v) is 2.11. The number of rotatable bonds is 5. The van der Waals surface area contributed by atoms with Crippen molar-refractivity contribution in [1.29, 1.82) is 0 Å². The highest BCUT2D eigenvalue weighted by atomic mass is 35.5. The Morgan fingerprint density at radius 1 is 1.19 bits per heavy atom. The minimum absolute atomic E-state index is 0.0970. The molecular formula is C10H11ClF3NO. The first-order valence-corrected chi connectivity index (χ1v) is 5.14. The van der Waals surface area contributed by atoms with E-state index < -0.39 is 13.0 Å². The molecule has 1 aromatic carbocycles. The number of hydrogen-bond donors (Lipinski definition) is 1. The summed E-state index contributed by atoms with van der Waals surface area (Å²) in [7, 11) is 0. The van der Waals surface area contributed by atoms with Crippen LogP contribution >= 0.6 is 11.6 Å². The summed E-state index contributed by atoms with van der Waals surface area (Å²) in [6, 6.07) is 7.12. The van der Waals surface area contributed by atoms with E-state index in [1.807, 2.05) is 0 Å². The van der Waals surface area contributed by atoms with Gasteiger partial charge < -0.3 is 5.32 Å². The lowest BCUT2D eigenvalue weighted by molar-refractivity contribution is -0.322. The zero-order valence-electron chi connectivity index (χ0n) is 8.35. The fourth-order valence-electron chi connectivity index (χ4n) is 1.07. The van der Waals surface area contributed by atoms with Crippen molar-refractivity contribution >= 4 is 17.3 Å². The number of halogens is 4. The third kappa shape index (κ3) is 5.23. The van der Waals surface area contributed by atoms with Crippen molar-refractivity contribution < 1.29 is 17.9 Å². The number of alkyl halides is 4. The summed E-state index contributed by atoms with van der Waals surface area (Å²) in [5, 5.41) is 2.80. The van der Waals surface area contributed by atoms with Crippen LogP contribution in [0.25, 0.3) is 0 Å². The molecule has 0 bridgehead atoms. The maximum atomic E-state index is 11.6. The Kier molecular flexibility index (Phi) is 4.89. The van der Waals surface area contributed by atoms with Gasteiger partial charge >= 0.3 is 6.36 Å². The highest BCUT2D eigenvalue weighted by Crippen LogP contribution is 2.16. The van der Waals surface area contributed by atoms with E-state index in [1.54, 1.807) is 24.3 Å². The quantitative estimate of drug-likeness (QED) is 0.642. The van der Waals surface area contributed by atoms with Crippen LogP contribution in [0.5, 0.6) is 0 Å². The van der Waals surface area contributed by atoms with E-state index in [-0.39, 0.29) is 6.54 Å². The van der Waals surface area contributed by atoms with Gasteiger partial charge in [-0.05, 0) is 17.7 Å². The Hall–Kier alpha value is -0.940. The van der Waals surface area contributed by atoms with Gasteiger partial charge in [0.2, 0.25) is 0 Å². The molecule has 0 saturated heterocycles. The predicted molar refractivity (Wildman–Crippen MR) is 56.5 cm³/mol.